The minimum absolute atomic E-state index is 0.824. The van der Waals surface area contributed by atoms with Crippen LogP contribution in [-0.2, 0) is 5.75 Å². The van der Waals surface area contributed by atoms with Crippen molar-refractivity contribution in [2.75, 3.05) is 5.73 Å². The zero-order valence-electron chi connectivity index (χ0n) is 8.99. The molecule has 2 aromatic carbocycles. The van der Waals surface area contributed by atoms with Crippen LogP contribution in [0, 0.1) is 0 Å². The van der Waals surface area contributed by atoms with Gasteiger partial charge in [-0.1, -0.05) is 50.1 Å². The van der Waals surface area contributed by atoms with Crippen LogP contribution in [0.15, 0.2) is 56.3 Å². The molecular weight excluding hydrogens is 362 g/mol. The Morgan fingerprint density at radius 3 is 2.59 bits per heavy atom. The second-order valence-corrected chi connectivity index (χ2v) is 6.35. The summed E-state index contributed by atoms with van der Waals surface area (Å²) in [6.07, 6.45) is 0. The van der Waals surface area contributed by atoms with Crippen molar-refractivity contribution >= 4 is 49.3 Å². The van der Waals surface area contributed by atoms with Crippen molar-refractivity contribution in [3.63, 3.8) is 0 Å². The molecule has 0 spiro atoms. The Hall–Kier alpha value is -0.450. The lowest BCUT2D eigenvalue weighted by Crippen LogP contribution is -1.89. The molecule has 0 saturated carbocycles. The summed E-state index contributed by atoms with van der Waals surface area (Å²) < 4.78 is 2.20. The van der Waals surface area contributed by atoms with Gasteiger partial charge in [-0.05, 0) is 29.8 Å². The lowest BCUT2D eigenvalue weighted by molar-refractivity contribution is 1.35. The number of hydrogen-bond donors (Lipinski definition) is 1. The molecular formula is C13H11Br2NS. The molecule has 0 bridgehead atoms. The summed E-state index contributed by atoms with van der Waals surface area (Å²) in [5.41, 5.74) is 8.04. The summed E-state index contributed by atoms with van der Waals surface area (Å²) in [5, 5.41) is 0. The third-order valence-electron chi connectivity index (χ3n) is 2.32. The highest BCUT2D eigenvalue weighted by atomic mass is 79.9. The fourth-order valence-electron chi connectivity index (χ4n) is 1.40. The van der Waals surface area contributed by atoms with Gasteiger partial charge in [0.15, 0.2) is 0 Å². The summed E-state index contributed by atoms with van der Waals surface area (Å²) in [6.45, 7) is 0. The van der Waals surface area contributed by atoms with E-state index in [9.17, 15) is 0 Å². The Bertz CT molecular complexity index is 529. The smallest absolute Gasteiger partial charge is 0.0453 e. The topological polar surface area (TPSA) is 26.0 Å². The van der Waals surface area contributed by atoms with Gasteiger partial charge >= 0.3 is 0 Å². The van der Waals surface area contributed by atoms with E-state index in [2.05, 4.69) is 50.1 Å². The molecule has 0 aliphatic carbocycles. The van der Waals surface area contributed by atoms with Gasteiger partial charge in [0.1, 0.15) is 0 Å². The first-order valence-corrected chi connectivity index (χ1v) is 7.65. The van der Waals surface area contributed by atoms with Gasteiger partial charge in [-0.15, -0.1) is 11.8 Å². The molecule has 0 aliphatic rings. The van der Waals surface area contributed by atoms with E-state index in [1.54, 1.807) is 11.8 Å². The highest BCUT2D eigenvalue weighted by Gasteiger charge is 2.03. The molecule has 0 radical (unpaired) electrons. The maximum absolute atomic E-state index is 5.94. The summed E-state index contributed by atoms with van der Waals surface area (Å²) in [6, 6.07) is 14.2. The Labute approximate surface area is 122 Å². The number of hydrogen-bond acceptors (Lipinski definition) is 2. The summed E-state index contributed by atoms with van der Waals surface area (Å²) in [5.74, 6) is 0.905. The summed E-state index contributed by atoms with van der Waals surface area (Å²) in [7, 11) is 0. The van der Waals surface area contributed by atoms with Crippen molar-refractivity contribution in [2.45, 2.75) is 10.6 Å². The zero-order chi connectivity index (χ0) is 12.3. The Kier molecular flexibility index (Phi) is 4.54. The van der Waals surface area contributed by atoms with E-state index in [-0.39, 0.29) is 0 Å². The molecule has 0 amide bonds. The molecule has 0 unspecified atom stereocenters. The minimum atomic E-state index is 0.824. The number of rotatable bonds is 3. The number of thioether (sulfide) groups is 1. The van der Waals surface area contributed by atoms with Crippen molar-refractivity contribution in [3.8, 4) is 0 Å². The predicted molar refractivity (Wildman–Crippen MR) is 82.3 cm³/mol. The van der Waals surface area contributed by atoms with Crippen molar-refractivity contribution < 1.29 is 0 Å². The van der Waals surface area contributed by atoms with Crippen molar-refractivity contribution in [3.05, 3.63) is 57.0 Å². The second kappa shape index (κ2) is 5.94. The average molecular weight is 373 g/mol. The summed E-state index contributed by atoms with van der Waals surface area (Å²) >= 11 is 8.75. The van der Waals surface area contributed by atoms with Crippen molar-refractivity contribution in [2.24, 2.45) is 0 Å². The van der Waals surface area contributed by atoms with Crippen LogP contribution in [0.3, 0.4) is 0 Å². The lowest BCUT2D eigenvalue weighted by Gasteiger charge is -2.07. The highest BCUT2D eigenvalue weighted by Crippen LogP contribution is 2.32. The Morgan fingerprint density at radius 2 is 1.82 bits per heavy atom. The van der Waals surface area contributed by atoms with Gasteiger partial charge in [0.2, 0.25) is 0 Å². The largest absolute Gasteiger partial charge is 0.398 e. The molecule has 0 saturated heterocycles. The highest BCUT2D eigenvalue weighted by molar-refractivity contribution is 9.10. The van der Waals surface area contributed by atoms with E-state index in [1.807, 2.05) is 24.3 Å². The summed E-state index contributed by atoms with van der Waals surface area (Å²) in [4.78, 5) is 1.11. The number of nitrogen functional groups attached to an aromatic ring is 1. The SMILES string of the molecule is Nc1ccc(Br)cc1SCc1ccccc1Br. The molecule has 4 heteroatoms. The molecule has 2 N–H and O–H groups in total. The molecule has 0 aliphatic heterocycles. The lowest BCUT2D eigenvalue weighted by atomic mass is 10.2. The van der Waals surface area contributed by atoms with Gasteiger partial charge in [-0.3, -0.25) is 0 Å². The fourth-order valence-corrected chi connectivity index (χ4v) is 3.54. The van der Waals surface area contributed by atoms with Gasteiger partial charge in [0, 0.05) is 25.3 Å². The van der Waals surface area contributed by atoms with Crippen LogP contribution < -0.4 is 5.73 Å². The standard InChI is InChI=1S/C13H11Br2NS/c14-10-5-6-12(16)13(7-10)17-8-9-3-1-2-4-11(9)15/h1-7H,8,16H2. The molecule has 0 fully saturated rings. The molecule has 0 aromatic heterocycles. The molecule has 2 rings (SSSR count). The molecule has 88 valence electrons. The molecule has 1 nitrogen and oxygen atoms in total. The van der Waals surface area contributed by atoms with Crippen LogP contribution in [0.5, 0.6) is 0 Å². The molecule has 17 heavy (non-hydrogen) atoms. The van der Waals surface area contributed by atoms with E-state index in [0.29, 0.717) is 0 Å². The van der Waals surface area contributed by atoms with Gasteiger partial charge in [0.05, 0.1) is 0 Å². The second-order valence-electron chi connectivity index (χ2n) is 3.56. The molecule has 0 heterocycles. The number of benzene rings is 2. The minimum Gasteiger partial charge on any atom is -0.398 e. The van der Waals surface area contributed by atoms with E-state index in [1.165, 1.54) is 5.56 Å². The van der Waals surface area contributed by atoms with Crippen molar-refractivity contribution in [1.82, 2.24) is 0 Å². The van der Waals surface area contributed by atoms with Crippen LogP contribution in [0.4, 0.5) is 5.69 Å². The Morgan fingerprint density at radius 1 is 1.06 bits per heavy atom. The Balaban J connectivity index is 2.12. The van der Waals surface area contributed by atoms with Crippen LogP contribution in [0.2, 0.25) is 0 Å². The molecule has 0 atom stereocenters. The maximum atomic E-state index is 5.94. The predicted octanol–water partition coefficient (Wildman–Crippen LogP) is 5.09. The number of nitrogens with two attached hydrogens (primary N) is 1. The first-order chi connectivity index (χ1) is 8.16. The van der Waals surface area contributed by atoms with Crippen LogP contribution >= 0.6 is 43.6 Å². The van der Waals surface area contributed by atoms with Crippen LogP contribution in [0.1, 0.15) is 5.56 Å². The first kappa shape index (κ1) is 13.0. The number of anilines is 1. The monoisotopic (exact) mass is 371 g/mol. The van der Waals surface area contributed by atoms with Crippen LogP contribution in [0.25, 0.3) is 0 Å². The van der Waals surface area contributed by atoms with E-state index >= 15 is 0 Å². The zero-order valence-corrected chi connectivity index (χ0v) is 13.0. The normalized spacial score (nSPS) is 10.5. The van der Waals surface area contributed by atoms with Gasteiger partial charge in [-0.25, -0.2) is 0 Å². The quantitative estimate of drug-likeness (QED) is 0.600. The van der Waals surface area contributed by atoms with Crippen LogP contribution in [-0.4, -0.2) is 0 Å². The van der Waals surface area contributed by atoms with Crippen molar-refractivity contribution in [1.29, 1.82) is 0 Å². The fraction of sp³-hybridized carbons (Fsp3) is 0.0769. The van der Waals surface area contributed by atoms with E-state index in [0.717, 1.165) is 25.3 Å². The van der Waals surface area contributed by atoms with E-state index in [4.69, 9.17) is 5.73 Å². The average Bonchev–Trinajstić information content (AvgIpc) is 2.32. The third-order valence-corrected chi connectivity index (χ3v) is 4.70. The third kappa shape index (κ3) is 3.50. The maximum Gasteiger partial charge on any atom is 0.0453 e. The van der Waals surface area contributed by atoms with Gasteiger partial charge in [0.25, 0.3) is 0 Å². The van der Waals surface area contributed by atoms with Gasteiger partial charge in [-0.2, -0.15) is 0 Å². The van der Waals surface area contributed by atoms with E-state index < -0.39 is 0 Å². The van der Waals surface area contributed by atoms with Gasteiger partial charge < -0.3 is 5.73 Å². The molecule has 2 aromatic rings. The number of halogens is 2. The first-order valence-electron chi connectivity index (χ1n) is 5.08.